The number of esters is 1. The minimum atomic E-state index is -0.585. The summed E-state index contributed by atoms with van der Waals surface area (Å²) in [5, 5.41) is 4.70. The molecule has 2 amide bonds. The van der Waals surface area contributed by atoms with Crippen LogP contribution in [0.2, 0.25) is 0 Å². The van der Waals surface area contributed by atoms with Crippen LogP contribution in [0.1, 0.15) is 91.4 Å². The number of rotatable bonds is 5. The number of methoxy groups -OCH3 is 1. The molecule has 0 aliphatic heterocycles. The summed E-state index contributed by atoms with van der Waals surface area (Å²) in [6.45, 7) is 7.24. The number of ether oxygens (including phenoxy) is 1. The Hall–Kier alpha value is -1.59. The summed E-state index contributed by atoms with van der Waals surface area (Å²) in [6, 6.07) is -0.585. The quantitative estimate of drug-likeness (QED) is 0.446. The van der Waals surface area contributed by atoms with E-state index in [0.717, 1.165) is 30.4 Å². The zero-order valence-electron chi connectivity index (χ0n) is 20.5. The number of fused-ring (bicyclic) bond motifs is 5. The summed E-state index contributed by atoms with van der Waals surface area (Å²) in [6.07, 6.45) is 12.8. The summed E-state index contributed by atoms with van der Waals surface area (Å²) in [4.78, 5) is 23.4. The number of carbonyl (C=O) groups is 2. The van der Waals surface area contributed by atoms with Gasteiger partial charge in [0.25, 0.3) is 0 Å². The van der Waals surface area contributed by atoms with Crippen LogP contribution in [0.3, 0.4) is 0 Å². The molecule has 6 heteroatoms. The fraction of sp³-hybridized carbons (Fsp3) is 0.885. The Kier molecular flexibility index (Phi) is 6.61. The number of hydrogen-bond donors (Lipinski definition) is 2. The molecule has 0 radical (unpaired) electrons. The van der Waals surface area contributed by atoms with Gasteiger partial charge in [-0.25, -0.2) is 10.2 Å². The van der Waals surface area contributed by atoms with Gasteiger partial charge in [0.2, 0.25) is 0 Å². The first kappa shape index (κ1) is 23.6. The molecule has 0 unspecified atom stereocenters. The van der Waals surface area contributed by atoms with Crippen LogP contribution >= 0.6 is 0 Å². The van der Waals surface area contributed by atoms with E-state index in [0.29, 0.717) is 35.5 Å². The molecule has 0 saturated heterocycles. The molecule has 4 aliphatic rings. The Labute approximate surface area is 193 Å². The van der Waals surface area contributed by atoms with Crippen molar-refractivity contribution in [3.63, 3.8) is 0 Å². The third-order valence-electron chi connectivity index (χ3n) is 10.6. The fourth-order valence-corrected chi connectivity index (χ4v) is 8.90. The maximum Gasteiger partial charge on any atom is 0.332 e. The number of primary amides is 1. The van der Waals surface area contributed by atoms with Crippen LogP contribution in [0.15, 0.2) is 5.10 Å². The van der Waals surface area contributed by atoms with E-state index in [9.17, 15) is 9.59 Å². The number of nitrogens with two attached hydrogens (primary N) is 1. The molecule has 4 fully saturated rings. The molecular weight excluding hydrogens is 402 g/mol. The van der Waals surface area contributed by atoms with E-state index in [2.05, 4.69) is 26.2 Å². The van der Waals surface area contributed by atoms with Gasteiger partial charge in [0.1, 0.15) is 0 Å². The van der Waals surface area contributed by atoms with Crippen LogP contribution in [-0.4, -0.2) is 24.8 Å². The number of hydrogen-bond acceptors (Lipinski definition) is 4. The number of nitrogens with one attached hydrogen (secondary N) is 1. The van der Waals surface area contributed by atoms with Crippen molar-refractivity contribution < 1.29 is 14.3 Å². The van der Waals surface area contributed by atoms with E-state index in [-0.39, 0.29) is 11.4 Å². The molecule has 4 aliphatic carbocycles. The van der Waals surface area contributed by atoms with E-state index in [1.54, 1.807) is 0 Å². The second-order valence-corrected chi connectivity index (χ2v) is 11.7. The van der Waals surface area contributed by atoms with Gasteiger partial charge in [-0.3, -0.25) is 4.79 Å². The number of amides is 2. The molecule has 0 bridgehead atoms. The predicted octanol–water partition coefficient (Wildman–Crippen LogP) is 5.26. The number of nitrogens with zero attached hydrogens (tertiary/aromatic N) is 1. The molecule has 4 saturated carbocycles. The first-order valence-corrected chi connectivity index (χ1v) is 12.9. The molecule has 0 aromatic heterocycles. The van der Waals surface area contributed by atoms with Gasteiger partial charge in [0, 0.05) is 17.5 Å². The van der Waals surface area contributed by atoms with Gasteiger partial charge >= 0.3 is 12.0 Å². The van der Waals surface area contributed by atoms with E-state index in [1.165, 1.54) is 58.5 Å². The smallest absolute Gasteiger partial charge is 0.332 e. The molecule has 6 nitrogen and oxygen atoms in total. The minimum Gasteiger partial charge on any atom is -0.469 e. The second kappa shape index (κ2) is 8.98. The molecule has 8 atom stereocenters. The highest BCUT2D eigenvalue weighted by Gasteiger charge is 2.62. The highest BCUT2D eigenvalue weighted by Crippen LogP contribution is 2.67. The van der Waals surface area contributed by atoms with Crippen molar-refractivity contribution in [3.05, 3.63) is 0 Å². The van der Waals surface area contributed by atoms with Crippen LogP contribution in [0.5, 0.6) is 0 Å². The molecule has 0 spiro atoms. The summed E-state index contributed by atoms with van der Waals surface area (Å²) < 4.78 is 4.89. The zero-order chi connectivity index (χ0) is 23.1. The SMILES string of the molecule is COC(=O)CC[C@H](C)[C@H]1CC[C@H]2[C@H]3CC[C@@H]4CCCC[C@]4(C)[C@H]3C/C(=N/NC(N)=O)[C@]12C. The third-order valence-corrected chi connectivity index (χ3v) is 10.6. The van der Waals surface area contributed by atoms with Crippen LogP contribution in [0.4, 0.5) is 4.79 Å². The Morgan fingerprint density at radius 1 is 1.16 bits per heavy atom. The summed E-state index contributed by atoms with van der Waals surface area (Å²) in [5.74, 6) is 3.56. The highest BCUT2D eigenvalue weighted by molar-refractivity contribution is 5.93. The van der Waals surface area contributed by atoms with Gasteiger partial charge in [-0.2, -0.15) is 5.10 Å². The number of urea groups is 1. The van der Waals surface area contributed by atoms with Gasteiger partial charge in [0.15, 0.2) is 0 Å². The lowest BCUT2D eigenvalue weighted by Crippen LogP contribution is -2.57. The van der Waals surface area contributed by atoms with Crippen molar-refractivity contribution in [2.75, 3.05) is 7.11 Å². The highest BCUT2D eigenvalue weighted by atomic mass is 16.5. The predicted molar refractivity (Wildman–Crippen MR) is 126 cm³/mol. The van der Waals surface area contributed by atoms with Crippen LogP contribution in [0.25, 0.3) is 0 Å². The largest absolute Gasteiger partial charge is 0.469 e. The lowest BCUT2D eigenvalue weighted by Gasteiger charge is -2.61. The average molecular weight is 446 g/mol. The van der Waals surface area contributed by atoms with Crippen LogP contribution < -0.4 is 11.2 Å². The first-order valence-electron chi connectivity index (χ1n) is 12.9. The Morgan fingerprint density at radius 3 is 2.66 bits per heavy atom. The molecule has 0 heterocycles. The van der Waals surface area contributed by atoms with Gasteiger partial charge in [-0.15, -0.1) is 0 Å². The van der Waals surface area contributed by atoms with Gasteiger partial charge < -0.3 is 10.5 Å². The van der Waals surface area contributed by atoms with Crippen LogP contribution in [0, 0.1) is 46.3 Å². The van der Waals surface area contributed by atoms with Crippen molar-refractivity contribution in [2.45, 2.75) is 91.4 Å². The minimum absolute atomic E-state index is 0.0446. The van der Waals surface area contributed by atoms with E-state index in [4.69, 9.17) is 15.6 Å². The van der Waals surface area contributed by atoms with Crippen molar-refractivity contribution in [3.8, 4) is 0 Å². The first-order chi connectivity index (χ1) is 15.2. The van der Waals surface area contributed by atoms with Crippen molar-refractivity contribution in [1.29, 1.82) is 0 Å². The fourth-order valence-electron chi connectivity index (χ4n) is 8.90. The maximum absolute atomic E-state index is 11.8. The monoisotopic (exact) mass is 445 g/mol. The normalized spacial score (nSPS) is 43.0. The summed E-state index contributed by atoms with van der Waals surface area (Å²) >= 11 is 0. The standard InChI is InChI=1S/C26H43N3O3/c1-16(8-13-23(30)32-4)19-11-12-20-18-10-9-17-7-5-6-14-25(17,2)21(18)15-22(26(19,20)3)28-29-24(27)31/h16-21H,5-15H2,1-4H3,(H3,27,29,31)/b28-22-/t16-,17-,18+,19+,20-,21-,25-,26+/m0/s1. The summed E-state index contributed by atoms with van der Waals surface area (Å²) in [5.41, 5.74) is 9.54. The lowest BCUT2D eigenvalue weighted by atomic mass is 9.44. The summed E-state index contributed by atoms with van der Waals surface area (Å²) in [7, 11) is 1.46. The Balaban J connectivity index is 1.65. The van der Waals surface area contributed by atoms with Crippen molar-refractivity contribution in [1.82, 2.24) is 5.43 Å². The van der Waals surface area contributed by atoms with E-state index in [1.807, 2.05) is 0 Å². The van der Waals surface area contributed by atoms with Gasteiger partial charge in [-0.1, -0.05) is 33.6 Å². The zero-order valence-corrected chi connectivity index (χ0v) is 20.5. The van der Waals surface area contributed by atoms with Gasteiger partial charge in [0.05, 0.1) is 7.11 Å². The molecule has 4 rings (SSSR count). The van der Waals surface area contributed by atoms with Crippen molar-refractivity contribution in [2.24, 2.45) is 57.2 Å². The van der Waals surface area contributed by atoms with E-state index < -0.39 is 6.03 Å². The molecule has 32 heavy (non-hydrogen) atoms. The topological polar surface area (TPSA) is 93.8 Å². The molecule has 180 valence electrons. The van der Waals surface area contributed by atoms with Crippen LogP contribution in [-0.2, 0) is 9.53 Å². The number of hydrazone groups is 1. The molecule has 3 N–H and O–H groups in total. The molecule has 0 aromatic carbocycles. The van der Waals surface area contributed by atoms with E-state index >= 15 is 0 Å². The third kappa shape index (κ3) is 3.86. The lowest BCUT2D eigenvalue weighted by molar-refractivity contribution is -0.141. The average Bonchev–Trinajstić information content (AvgIpc) is 3.13. The molecular formula is C26H43N3O3. The second-order valence-electron chi connectivity index (χ2n) is 11.7. The number of carbonyl (C=O) groups excluding carboxylic acids is 2. The maximum atomic E-state index is 11.8. The Bertz CT molecular complexity index is 767. The van der Waals surface area contributed by atoms with Crippen molar-refractivity contribution >= 4 is 17.7 Å². The Morgan fingerprint density at radius 2 is 1.94 bits per heavy atom. The molecule has 0 aromatic rings. The van der Waals surface area contributed by atoms with Gasteiger partial charge in [-0.05, 0) is 92.3 Å².